The molecule has 1 fully saturated rings. The Morgan fingerprint density at radius 3 is 2.54 bits per heavy atom. The fourth-order valence-corrected chi connectivity index (χ4v) is 4.56. The summed E-state index contributed by atoms with van der Waals surface area (Å²) in [6, 6.07) is 10.8. The molecular formula is C26H22F2N6O. The number of aromatic nitrogens is 3. The van der Waals surface area contributed by atoms with E-state index in [0.29, 0.717) is 46.7 Å². The number of nitrogen functional groups attached to an aromatic ring is 1. The van der Waals surface area contributed by atoms with Crippen LogP contribution in [0, 0.1) is 29.9 Å². The summed E-state index contributed by atoms with van der Waals surface area (Å²) in [4.78, 5) is 21.8. The summed E-state index contributed by atoms with van der Waals surface area (Å²) < 4.78 is 29.1. The van der Waals surface area contributed by atoms with Crippen molar-refractivity contribution in [3.05, 3.63) is 87.0 Å². The molecule has 0 radical (unpaired) electrons. The Bertz CT molecular complexity index is 1550. The second kappa shape index (κ2) is 8.80. The zero-order valence-corrected chi connectivity index (χ0v) is 19.0. The predicted octanol–water partition coefficient (Wildman–Crippen LogP) is 4.33. The molecule has 0 spiro atoms. The number of rotatable bonds is 6. The van der Waals surface area contributed by atoms with E-state index in [0.717, 1.165) is 24.0 Å². The molecule has 7 nitrogen and oxygen atoms in total. The third-order valence-electron chi connectivity index (χ3n) is 6.25. The van der Waals surface area contributed by atoms with Gasteiger partial charge in [0.15, 0.2) is 0 Å². The molecule has 1 aliphatic carbocycles. The van der Waals surface area contributed by atoms with Crippen molar-refractivity contribution in [2.45, 2.75) is 32.1 Å². The van der Waals surface area contributed by atoms with E-state index in [2.05, 4.69) is 21.4 Å². The van der Waals surface area contributed by atoms with Gasteiger partial charge in [-0.25, -0.2) is 13.8 Å². The van der Waals surface area contributed by atoms with Crippen LogP contribution in [0.2, 0.25) is 0 Å². The molecule has 1 aromatic carbocycles. The lowest BCUT2D eigenvalue weighted by molar-refractivity contribution is 0.618. The van der Waals surface area contributed by atoms with Crippen LogP contribution in [0.5, 0.6) is 0 Å². The van der Waals surface area contributed by atoms with E-state index in [9.17, 15) is 18.8 Å². The van der Waals surface area contributed by atoms with E-state index in [-0.39, 0.29) is 17.4 Å². The normalized spacial score (nSPS) is 13.1. The number of hydrogen-bond acceptors (Lipinski definition) is 6. The zero-order valence-electron chi connectivity index (χ0n) is 19.0. The molecule has 3 heterocycles. The third kappa shape index (κ3) is 4.19. The highest BCUT2D eigenvalue weighted by atomic mass is 19.1. The zero-order chi connectivity index (χ0) is 24.7. The Balaban J connectivity index is 1.64. The largest absolute Gasteiger partial charge is 0.368 e. The minimum Gasteiger partial charge on any atom is -0.368 e. The Labute approximate surface area is 199 Å². The molecule has 3 aromatic heterocycles. The number of pyridine rings is 2. The van der Waals surface area contributed by atoms with E-state index in [1.54, 1.807) is 25.1 Å². The molecule has 9 heteroatoms. The maximum atomic E-state index is 14.1. The molecule has 0 aliphatic heterocycles. The van der Waals surface area contributed by atoms with Gasteiger partial charge in [0.1, 0.15) is 29.1 Å². The van der Waals surface area contributed by atoms with Crippen LogP contribution in [-0.4, -0.2) is 20.9 Å². The molecule has 0 saturated heterocycles. The van der Waals surface area contributed by atoms with Crippen molar-refractivity contribution in [3.8, 4) is 17.2 Å². The van der Waals surface area contributed by atoms with E-state index in [1.165, 1.54) is 28.8 Å². The summed E-state index contributed by atoms with van der Waals surface area (Å²) in [5, 5.41) is 12.7. The first-order chi connectivity index (χ1) is 16.9. The van der Waals surface area contributed by atoms with Gasteiger partial charge in [-0.15, -0.1) is 0 Å². The molecule has 35 heavy (non-hydrogen) atoms. The summed E-state index contributed by atoms with van der Waals surface area (Å²) in [6.45, 7) is 2.04. The predicted molar refractivity (Wildman–Crippen MR) is 129 cm³/mol. The van der Waals surface area contributed by atoms with Crippen LogP contribution in [0.1, 0.15) is 41.1 Å². The fraction of sp³-hybridized carbons (Fsp3) is 0.231. The Morgan fingerprint density at radius 2 is 1.86 bits per heavy atom. The summed E-state index contributed by atoms with van der Waals surface area (Å²) in [5.74, 6) is -0.292. The molecule has 0 atom stereocenters. The lowest BCUT2D eigenvalue weighted by Crippen LogP contribution is -2.22. The molecule has 0 bridgehead atoms. The van der Waals surface area contributed by atoms with Gasteiger partial charge in [0.05, 0.1) is 16.8 Å². The van der Waals surface area contributed by atoms with Gasteiger partial charge in [0.25, 0.3) is 5.56 Å². The van der Waals surface area contributed by atoms with Crippen LogP contribution in [0.3, 0.4) is 0 Å². The second-order valence-electron chi connectivity index (χ2n) is 8.64. The van der Waals surface area contributed by atoms with Gasteiger partial charge >= 0.3 is 0 Å². The smallest absolute Gasteiger partial charge is 0.263 e. The fourth-order valence-electron chi connectivity index (χ4n) is 4.56. The highest BCUT2D eigenvalue weighted by Crippen LogP contribution is 2.45. The highest BCUT2D eigenvalue weighted by molar-refractivity contribution is 5.75. The number of nitriles is 1. The average Bonchev–Trinajstić information content (AvgIpc) is 3.65. The summed E-state index contributed by atoms with van der Waals surface area (Å²) in [6.07, 6.45) is 3.56. The van der Waals surface area contributed by atoms with Crippen molar-refractivity contribution < 1.29 is 8.78 Å². The van der Waals surface area contributed by atoms with Gasteiger partial charge in [-0.05, 0) is 73.1 Å². The van der Waals surface area contributed by atoms with Crippen LogP contribution in [0.15, 0.2) is 47.4 Å². The van der Waals surface area contributed by atoms with Gasteiger partial charge < -0.3 is 11.1 Å². The number of nitrogens with zero attached hydrogens (tertiary/aromatic N) is 4. The first-order valence-corrected chi connectivity index (χ1v) is 11.3. The number of nitrogens with one attached hydrogen (secondary N) is 1. The van der Waals surface area contributed by atoms with Crippen LogP contribution in [-0.2, 0) is 6.42 Å². The molecule has 5 rings (SSSR count). The van der Waals surface area contributed by atoms with Crippen molar-refractivity contribution in [1.29, 1.82) is 5.26 Å². The number of anilines is 2. The highest BCUT2D eigenvalue weighted by Gasteiger charge is 2.31. The number of benzene rings is 1. The van der Waals surface area contributed by atoms with Gasteiger partial charge in [-0.3, -0.25) is 9.20 Å². The lowest BCUT2D eigenvalue weighted by Gasteiger charge is -2.19. The Morgan fingerprint density at radius 1 is 1.14 bits per heavy atom. The van der Waals surface area contributed by atoms with E-state index >= 15 is 0 Å². The third-order valence-corrected chi connectivity index (χ3v) is 6.25. The molecule has 176 valence electrons. The van der Waals surface area contributed by atoms with Crippen molar-refractivity contribution in [2.75, 3.05) is 17.6 Å². The topological polar surface area (TPSA) is 109 Å². The van der Waals surface area contributed by atoms with Crippen molar-refractivity contribution in [3.63, 3.8) is 0 Å². The first-order valence-electron chi connectivity index (χ1n) is 11.3. The van der Waals surface area contributed by atoms with Crippen molar-refractivity contribution in [1.82, 2.24) is 14.4 Å². The Hall–Kier alpha value is -4.32. The maximum Gasteiger partial charge on any atom is 0.263 e. The Kier molecular flexibility index (Phi) is 5.65. The number of aryl methyl sites for hydroxylation is 1. The van der Waals surface area contributed by atoms with Crippen LogP contribution in [0.4, 0.5) is 20.5 Å². The van der Waals surface area contributed by atoms with E-state index < -0.39 is 11.6 Å². The molecule has 0 amide bonds. The van der Waals surface area contributed by atoms with E-state index in [1.807, 2.05) is 0 Å². The SMILES string of the molecule is Cc1nc(N)nc(NCCc2c(-c3ccc(F)cc3)c(=O)n3cc(F)ccc3c2C2CC2)c1C#N. The average molecular weight is 472 g/mol. The monoisotopic (exact) mass is 472 g/mol. The molecule has 1 aliphatic rings. The van der Waals surface area contributed by atoms with Crippen LogP contribution in [0.25, 0.3) is 16.6 Å². The van der Waals surface area contributed by atoms with Gasteiger partial charge in [-0.2, -0.15) is 10.2 Å². The van der Waals surface area contributed by atoms with Gasteiger partial charge in [0.2, 0.25) is 5.95 Å². The minimum atomic E-state index is -0.512. The maximum absolute atomic E-state index is 14.1. The van der Waals surface area contributed by atoms with Crippen molar-refractivity contribution >= 4 is 17.3 Å². The lowest BCUT2D eigenvalue weighted by atomic mass is 9.91. The summed E-state index contributed by atoms with van der Waals surface area (Å²) in [5.41, 5.74) is 9.62. The number of hydrogen-bond donors (Lipinski definition) is 2. The summed E-state index contributed by atoms with van der Waals surface area (Å²) >= 11 is 0. The summed E-state index contributed by atoms with van der Waals surface area (Å²) in [7, 11) is 0. The van der Waals surface area contributed by atoms with Gasteiger partial charge in [0, 0.05) is 12.7 Å². The number of fused-ring (bicyclic) bond motifs is 1. The first kappa shape index (κ1) is 22.5. The van der Waals surface area contributed by atoms with E-state index in [4.69, 9.17) is 5.73 Å². The molecular weight excluding hydrogens is 450 g/mol. The molecule has 3 N–H and O–H groups in total. The molecule has 1 saturated carbocycles. The van der Waals surface area contributed by atoms with Crippen LogP contribution >= 0.6 is 0 Å². The second-order valence-corrected chi connectivity index (χ2v) is 8.64. The minimum absolute atomic E-state index is 0.0562. The van der Waals surface area contributed by atoms with Crippen molar-refractivity contribution in [2.24, 2.45) is 0 Å². The molecule has 4 aromatic rings. The number of nitrogens with two attached hydrogens (primary N) is 1. The van der Waals surface area contributed by atoms with Crippen LogP contribution < -0.4 is 16.6 Å². The van der Waals surface area contributed by atoms with Gasteiger partial charge in [-0.1, -0.05) is 12.1 Å². The molecule has 0 unspecified atom stereocenters. The standard InChI is InChI=1S/C26H22F2N6O/c1-14-20(12-29)24(33-26(30)32-14)31-11-10-19-22(15-2-3-15)21-9-8-18(28)13-34(21)25(35)23(19)16-4-6-17(27)7-5-16/h4-9,13,15H,2-3,10-11H2,1H3,(H3,30,31,32,33). The quantitative estimate of drug-likeness (QED) is 0.432. The number of halogens is 2.